The van der Waals surface area contributed by atoms with Gasteiger partial charge in [-0.3, -0.25) is 24.0 Å². The van der Waals surface area contributed by atoms with Crippen molar-refractivity contribution in [3.63, 3.8) is 0 Å². The Balaban J connectivity index is 2.42. The summed E-state index contributed by atoms with van der Waals surface area (Å²) in [4.78, 5) is 38.1. The zero-order valence-electron chi connectivity index (χ0n) is 19.9. The molecule has 0 saturated heterocycles. The minimum atomic E-state index is -3.97. The summed E-state index contributed by atoms with van der Waals surface area (Å²) in [6.45, 7) is 6.46. The largest absolute Gasteiger partial charge is 0.350 e. The SMILES string of the molecule is C[C@@H](C(=O)NC(C)(C)C)N(Cc1ccccc1)C(=O)CN(c1cccc([N+](=O)[O-])c1)S(C)(=O)=O. The van der Waals surface area contributed by atoms with Gasteiger partial charge in [0.25, 0.3) is 5.69 Å². The Morgan fingerprint density at radius 1 is 1.09 bits per heavy atom. The van der Waals surface area contributed by atoms with Crippen LogP contribution in [0.1, 0.15) is 33.3 Å². The summed E-state index contributed by atoms with van der Waals surface area (Å²) >= 11 is 0. The van der Waals surface area contributed by atoms with Crippen LogP contribution < -0.4 is 9.62 Å². The highest BCUT2D eigenvalue weighted by Gasteiger charge is 2.31. The zero-order valence-corrected chi connectivity index (χ0v) is 20.7. The van der Waals surface area contributed by atoms with Crippen molar-refractivity contribution in [3.05, 3.63) is 70.3 Å². The van der Waals surface area contributed by atoms with Crippen LogP contribution in [0, 0.1) is 10.1 Å². The highest BCUT2D eigenvalue weighted by atomic mass is 32.2. The van der Waals surface area contributed by atoms with Crippen LogP contribution in [-0.4, -0.2) is 54.4 Å². The van der Waals surface area contributed by atoms with Crippen molar-refractivity contribution in [3.8, 4) is 0 Å². The fourth-order valence-electron chi connectivity index (χ4n) is 3.21. The number of non-ortho nitro benzene ring substituents is 1. The third-order valence-corrected chi connectivity index (χ3v) is 6.01. The number of nitrogens with one attached hydrogen (secondary N) is 1. The fourth-order valence-corrected chi connectivity index (χ4v) is 4.05. The van der Waals surface area contributed by atoms with Gasteiger partial charge in [-0.15, -0.1) is 0 Å². The number of hydrogen-bond acceptors (Lipinski definition) is 6. The number of nitrogens with zero attached hydrogens (tertiary/aromatic N) is 3. The van der Waals surface area contributed by atoms with Gasteiger partial charge in [0.1, 0.15) is 12.6 Å². The predicted octanol–water partition coefficient (Wildman–Crippen LogP) is 2.69. The second kappa shape index (κ2) is 10.6. The van der Waals surface area contributed by atoms with Crippen molar-refractivity contribution in [1.82, 2.24) is 10.2 Å². The molecule has 34 heavy (non-hydrogen) atoms. The summed E-state index contributed by atoms with van der Waals surface area (Å²) in [6, 6.07) is 13.1. The maximum absolute atomic E-state index is 13.4. The van der Waals surface area contributed by atoms with Crippen LogP contribution in [0.25, 0.3) is 0 Å². The standard InChI is InChI=1S/C23H30N4O6S/c1-17(22(29)24-23(2,3)4)25(15-18-10-7-6-8-11-18)21(28)16-26(34(5,32)33)19-12-9-13-20(14-19)27(30)31/h6-14,17H,15-16H2,1-5H3,(H,24,29)/t17-/m0/s1. The number of nitro benzene ring substituents is 1. The lowest BCUT2D eigenvalue weighted by Crippen LogP contribution is -2.54. The molecule has 184 valence electrons. The van der Waals surface area contributed by atoms with Gasteiger partial charge in [0.2, 0.25) is 21.8 Å². The molecule has 0 saturated carbocycles. The van der Waals surface area contributed by atoms with Gasteiger partial charge >= 0.3 is 0 Å². The normalized spacial score (nSPS) is 12.5. The van der Waals surface area contributed by atoms with Crippen LogP contribution in [0.5, 0.6) is 0 Å². The van der Waals surface area contributed by atoms with Crippen molar-refractivity contribution >= 4 is 33.2 Å². The molecule has 0 bridgehead atoms. The molecule has 2 rings (SSSR count). The highest BCUT2D eigenvalue weighted by Crippen LogP contribution is 2.24. The number of nitro groups is 1. The molecule has 11 heteroatoms. The average molecular weight is 491 g/mol. The zero-order chi connectivity index (χ0) is 25.7. The predicted molar refractivity (Wildman–Crippen MR) is 130 cm³/mol. The van der Waals surface area contributed by atoms with E-state index < -0.39 is 44.9 Å². The molecule has 0 aliphatic carbocycles. The molecule has 0 aromatic heterocycles. The van der Waals surface area contributed by atoms with Crippen molar-refractivity contribution in [2.24, 2.45) is 0 Å². The first-order valence-electron chi connectivity index (χ1n) is 10.6. The van der Waals surface area contributed by atoms with E-state index in [0.717, 1.165) is 22.2 Å². The summed E-state index contributed by atoms with van der Waals surface area (Å²) < 4.78 is 25.9. The monoisotopic (exact) mass is 490 g/mol. The van der Waals surface area contributed by atoms with Gasteiger partial charge in [0.05, 0.1) is 16.9 Å². The first-order chi connectivity index (χ1) is 15.7. The molecular formula is C23H30N4O6S. The van der Waals surface area contributed by atoms with Gasteiger partial charge < -0.3 is 10.2 Å². The van der Waals surface area contributed by atoms with Crippen LogP contribution in [-0.2, 0) is 26.2 Å². The minimum Gasteiger partial charge on any atom is -0.350 e. The van der Waals surface area contributed by atoms with Gasteiger partial charge in [-0.2, -0.15) is 0 Å². The molecule has 2 amide bonds. The number of amides is 2. The molecule has 0 spiro atoms. The lowest BCUT2D eigenvalue weighted by Gasteiger charge is -2.33. The number of hydrogen-bond donors (Lipinski definition) is 1. The molecule has 10 nitrogen and oxygen atoms in total. The minimum absolute atomic E-state index is 0.0171. The summed E-state index contributed by atoms with van der Waals surface area (Å²) in [5, 5.41) is 14.0. The molecule has 2 aromatic carbocycles. The molecule has 1 N–H and O–H groups in total. The second-order valence-corrected chi connectivity index (χ2v) is 10.9. The Hall–Kier alpha value is -3.47. The first-order valence-corrected chi connectivity index (χ1v) is 12.4. The van der Waals surface area contributed by atoms with Crippen LogP contribution in [0.2, 0.25) is 0 Å². The van der Waals surface area contributed by atoms with Gasteiger partial charge in [-0.25, -0.2) is 8.42 Å². The Labute approximate surface area is 199 Å². The number of rotatable bonds is 9. The van der Waals surface area contributed by atoms with Gasteiger partial charge in [0, 0.05) is 24.2 Å². The van der Waals surface area contributed by atoms with Crippen LogP contribution in [0.4, 0.5) is 11.4 Å². The maximum atomic E-state index is 13.4. The smallest absolute Gasteiger partial charge is 0.271 e. The lowest BCUT2D eigenvalue weighted by atomic mass is 10.1. The molecule has 0 aliphatic heterocycles. The molecule has 1 atom stereocenters. The lowest BCUT2D eigenvalue weighted by molar-refractivity contribution is -0.384. The van der Waals surface area contributed by atoms with Crippen molar-refractivity contribution in [2.75, 3.05) is 17.1 Å². The topological polar surface area (TPSA) is 130 Å². The van der Waals surface area contributed by atoms with E-state index in [9.17, 15) is 28.1 Å². The second-order valence-electron chi connectivity index (χ2n) is 8.97. The fraction of sp³-hybridized carbons (Fsp3) is 0.391. The molecule has 0 radical (unpaired) electrons. The van der Waals surface area contributed by atoms with Crippen molar-refractivity contribution < 1.29 is 22.9 Å². The van der Waals surface area contributed by atoms with E-state index in [1.54, 1.807) is 31.2 Å². The van der Waals surface area contributed by atoms with E-state index in [2.05, 4.69) is 5.32 Å². The molecule has 0 fully saturated rings. The average Bonchev–Trinajstić information content (AvgIpc) is 2.74. The number of sulfonamides is 1. The van der Waals surface area contributed by atoms with E-state index in [1.807, 2.05) is 26.8 Å². The Morgan fingerprint density at radius 2 is 1.71 bits per heavy atom. The molecule has 0 aliphatic rings. The molecular weight excluding hydrogens is 460 g/mol. The van der Waals surface area contributed by atoms with Crippen LogP contribution >= 0.6 is 0 Å². The summed E-state index contributed by atoms with van der Waals surface area (Å²) in [5.41, 5.74) is -0.101. The highest BCUT2D eigenvalue weighted by molar-refractivity contribution is 7.92. The number of anilines is 1. The number of benzene rings is 2. The Bertz CT molecular complexity index is 1150. The number of carbonyl (C=O) groups excluding carboxylic acids is 2. The van der Waals surface area contributed by atoms with Gasteiger partial charge in [0.15, 0.2) is 0 Å². The molecule has 0 heterocycles. The molecule has 2 aromatic rings. The third kappa shape index (κ3) is 7.55. The van der Waals surface area contributed by atoms with Crippen molar-refractivity contribution in [2.45, 2.75) is 45.8 Å². The van der Waals surface area contributed by atoms with E-state index >= 15 is 0 Å². The summed E-state index contributed by atoms with van der Waals surface area (Å²) in [5.74, 6) is -1.02. The van der Waals surface area contributed by atoms with Gasteiger partial charge in [-0.1, -0.05) is 36.4 Å². The molecule has 0 unspecified atom stereocenters. The van der Waals surface area contributed by atoms with E-state index in [4.69, 9.17) is 0 Å². The third-order valence-electron chi connectivity index (χ3n) is 4.87. The Kier molecular flexibility index (Phi) is 8.38. The van der Waals surface area contributed by atoms with Crippen LogP contribution in [0.3, 0.4) is 0 Å². The van der Waals surface area contributed by atoms with Crippen LogP contribution in [0.15, 0.2) is 54.6 Å². The quantitative estimate of drug-likeness (QED) is 0.425. The Morgan fingerprint density at radius 3 is 2.24 bits per heavy atom. The van der Waals surface area contributed by atoms with Gasteiger partial charge in [-0.05, 0) is 39.3 Å². The van der Waals surface area contributed by atoms with E-state index in [-0.39, 0.29) is 17.9 Å². The maximum Gasteiger partial charge on any atom is 0.271 e. The van der Waals surface area contributed by atoms with E-state index in [0.29, 0.717) is 0 Å². The summed E-state index contributed by atoms with van der Waals surface area (Å²) in [7, 11) is -3.97. The number of carbonyl (C=O) groups is 2. The van der Waals surface area contributed by atoms with Crippen molar-refractivity contribution in [1.29, 1.82) is 0 Å². The first kappa shape index (κ1) is 26.8. The summed E-state index contributed by atoms with van der Waals surface area (Å²) in [6.07, 6.45) is 0.913. The van der Waals surface area contributed by atoms with E-state index in [1.165, 1.54) is 23.1 Å².